The minimum absolute atomic E-state index is 0. The number of amides is 1. The van der Waals surface area contributed by atoms with E-state index in [0.717, 1.165) is 12.4 Å². The third-order valence-electron chi connectivity index (χ3n) is 3.79. The van der Waals surface area contributed by atoms with E-state index in [4.69, 9.17) is 0 Å². The molecule has 0 spiro atoms. The van der Waals surface area contributed by atoms with Crippen molar-refractivity contribution in [3.05, 3.63) is 12.2 Å². The summed E-state index contributed by atoms with van der Waals surface area (Å²) in [4.78, 5) is 15.6. The highest BCUT2D eigenvalue weighted by molar-refractivity contribution is 5.85. The minimum atomic E-state index is 0. The number of nitrogens with one attached hydrogen (secondary N) is 3. The monoisotopic (exact) mass is 351 g/mol. The van der Waals surface area contributed by atoms with Gasteiger partial charge in [-0.3, -0.25) is 9.89 Å². The molecule has 1 amide bonds. The van der Waals surface area contributed by atoms with Crippen LogP contribution in [0.25, 0.3) is 0 Å². The number of hydrogen-bond acceptors (Lipinski definition) is 4. The fraction of sp³-hybridized carbons (Fsp3) is 0.786. The predicted molar refractivity (Wildman–Crippen MR) is 91.7 cm³/mol. The van der Waals surface area contributed by atoms with Gasteiger partial charge < -0.3 is 10.6 Å². The van der Waals surface area contributed by atoms with Crippen LogP contribution in [0, 0.1) is 0 Å². The molecule has 1 fully saturated rings. The SMILES string of the molecule is Cl.Cl.O=C(CCc1ncn[nH]1)NCCNC1CCCCCC1. The molecule has 8 heteroatoms. The molecule has 3 N–H and O–H groups in total. The molecule has 0 saturated heterocycles. The van der Waals surface area contributed by atoms with Crippen molar-refractivity contribution >= 4 is 30.7 Å². The van der Waals surface area contributed by atoms with Crippen LogP contribution < -0.4 is 10.6 Å². The van der Waals surface area contributed by atoms with Crippen molar-refractivity contribution in [3.8, 4) is 0 Å². The first-order valence-electron chi connectivity index (χ1n) is 7.69. The Hall–Kier alpha value is -0.850. The molecule has 0 bridgehead atoms. The van der Waals surface area contributed by atoms with Crippen molar-refractivity contribution in [2.45, 2.75) is 57.4 Å². The second-order valence-corrected chi connectivity index (χ2v) is 5.42. The molecular weight excluding hydrogens is 325 g/mol. The summed E-state index contributed by atoms with van der Waals surface area (Å²) in [7, 11) is 0. The molecule has 1 aromatic rings. The predicted octanol–water partition coefficient (Wildman–Crippen LogP) is 2.01. The van der Waals surface area contributed by atoms with E-state index in [1.807, 2.05) is 0 Å². The van der Waals surface area contributed by atoms with E-state index in [2.05, 4.69) is 25.8 Å². The third kappa shape index (κ3) is 8.56. The van der Waals surface area contributed by atoms with E-state index >= 15 is 0 Å². The van der Waals surface area contributed by atoms with Gasteiger partial charge in [0.15, 0.2) is 0 Å². The lowest BCUT2D eigenvalue weighted by Gasteiger charge is -2.16. The Balaban J connectivity index is 0.00000220. The van der Waals surface area contributed by atoms with Crippen LogP contribution in [0.15, 0.2) is 6.33 Å². The average molecular weight is 352 g/mol. The van der Waals surface area contributed by atoms with Crippen molar-refractivity contribution < 1.29 is 4.79 Å². The van der Waals surface area contributed by atoms with Gasteiger partial charge in [0.25, 0.3) is 0 Å². The Morgan fingerprint density at radius 1 is 1.18 bits per heavy atom. The first-order chi connectivity index (χ1) is 9.84. The Labute approximate surface area is 144 Å². The summed E-state index contributed by atoms with van der Waals surface area (Å²) in [5.41, 5.74) is 0. The topological polar surface area (TPSA) is 82.7 Å². The van der Waals surface area contributed by atoms with E-state index in [1.165, 1.54) is 44.9 Å². The number of nitrogens with zero attached hydrogens (tertiary/aromatic N) is 2. The van der Waals surface area contributed by atoms with Gasteiger partial charge in [0.05, 0.1) is 0 Å². The van der Waals surface area contributed by atoms with Crippen LogP contribution in [-0.4, -0.2) is 40.2 Å². The highest BCUT2D eigenvalue weighted by Crippen LogP contribution is 2.16. The van der Waals surface area contributed by atoms with Crippen LogP contribution in [0.1, 0.15) is 50.8 Å². The van der Waals surface area contributed by atoms with Crippen LogP contribution in [0.2, 0.25) is 0 Å². The molecule has 1 heterocycles. The largest absolute Gasteiger partial charge is 0.355 e. The number of hydrogen-bond donors (Lipinski definition) is 3. The van der Waals surface area contributed by atoms with E-state index in [0.29, 0.717) is 25.4 Å². The summed E-state index contributed by atoms with van der Waals surface area (Å²) in [6.45, 7) is 1.56. The maximum absolute atomic E-state index is 11.6. The molecular formula is C14H27Cl2N5O. The van der Waals surface area contributed by atoms with Crippen molar-refractivity contribution in [1.82, 2.24) is 25.8 Å². The van der Waals surface area contributed by atoms with Crippen LogP contribution in [0.5, 0.6) is 0 Å². The fourth-order valence-electron chi connectivity index (χ4n) is 2.63. The molecule has 1 saturated carbocycles. The molecule has 0 atom stereocenters. The van der Waals surface area contributed by atoms with E-state index in [1.54, 1.807) is 0 Å². The van der Waals surface area contributed by atoms with Crippen LogP contribution >= 0.6 is 24.8 Å². The smallest absolute Gasteiger partial charge is 0.220 e. The lowest BCUT2D eigenvalue weighted by Crippen LogP contribution is -2.36. The van der Waals surface area contributed by atoms with Gasteiger partial charge in [-0.05, 0) is 12.8 Å². The Bertz CT molecular complexity index is 381. The third-order valence-corrected chi connectivity index (χ3v) is 3.79. The highest BCUT2D eigenvalue weighted by Gasteiger charge is 2.11. The second kappa shape index (κ2) is 12.7. The number of halogens is 2. The van der Waals surface area contributed by atoms with Crippen molar-refractivity contribution in [1.29, 1.82) is 0 Å². The van der Waals surface area contributed by atoms with Crippen LogP contribution in [0.4, 0.5) is 0 Å². The number of carbonyl (C=O) groups is 1. The molecule has 0 aliphatic heterocycles. The summed E-state index contributed by atoms with van der Waals surface area (Å²) in [5.74, 6) is 0.834. The van der Waals surface area contributed by atoms with Gasteiger partial charge in [-0.25, -0.2) is 4.98 Å². The summed E-state index contributed by atoms with van der Waals surface area (Å²) < 4.78 is 0. The number of aromatic amines is 1. The van der Waals surface area contributed by atoms with Crippen molar-refractivity contribution in [2.75, 3.05) is 13.1 Å². The molecule has 128 valence electrons. The van der Waals surface area contributed by atoms with Gasteiger partial charge in [-0.1, -0.05) is 25.7 Å². The van der Waals surface area contributed by atoms with Crippen LogP contribution in [-0.2, 0) is 11.2 Å². The molecule has 1 aliphatic carbocycles. The number of H-pyrrole nitrogens is 1. The highest BCUT2D eigenvalue weighted by atomic mass is 35.5. The van der Waals surface area contributed by atoms with Crippen molar-refractivity contribution in [3.63, 3.8) is 0 Å². The van der Waals surface area contributed by atoms with E-state index in [-0.39, 0.29) is 30.7 Å². The van der Waals surface area contributed by atoms with Gasteiger partial charge >= 0.3 is 0 Å². The minimum Gasteiger partial charge on any atom is -0.355 e. The van der Waals surface area contributed by atoms with Gasteiger partial charge in [0.1, 0.15) is 12.2 Å². The first kappa shape index (κ1) is 21.1. The molecule has 0 unspecified atom stereocenters. The summed E-state index contributed by atoms with van der Waals surface area (Å²) in [6, 6.07) is 0.642. The number of carbonyl (C=O) groups excluding carboxylic acids is 1. The number of aromatic nitrogens is 3. The molecule has 1 aliphatic rings. The number of aryl methyl sites for hydroxylation is 1. The molecule has 1 aromatic heterocycles. The summed E-state index contributed by atoms with van der Waals surface area (Å²) >= 11 is 0. The summed E-state index contributed by atoms with van der Waals surface area (Å²) in [5, 5.41) is 13.0. The fourth-order valence-corrected chi connectivity index (χ4v) is 2.63. The normalized spacial score (nSPS) is 15.3. The van der Waals surface area contributed by atoms with E-state index < -0.39 is 0 Å². The maximum atomic E-state index is 11.6. The van der Waals surface area contributed by atoms with Crippen LogP contribution in [0.3, 0.4) is 0 Å². The average Bonchev–Trinajstić information content (AvgIpc) is 2.84. The zero-order valence-electron chi connectivity index (χ0n) is 12.8. The van der Waals surface area contributed by atoms with E-state index in [9.17, 15) is 4.79 Å². The van der Waals surface area contributed by atoms with Gasteiger partial charge in [-0.15, -0.1) is 24.8 Å². The standard InChI is InChI=1S/C14H25N5O.2ClH/c20-14(8-7-13-17-11-18-19-13)16-10-9-15-12-5-3-1-2-4-6-12;;/h11-12,15H,1-10H2,(H,16,20)(H,17,18,19);2*1H. The van der Waals surface area contributed by atoms with Gasteiger partial charge in [0.2, 0.25) is 5.91 Å². The van der Waals surface area contributed by atoms with Crippen molar-refractivity contribution in [2.24, 2.45) is 0 Å². The quantitative estimate of drug-likeness (QED) is 0.518. The van der Waals surface area contributed by atoms with Gasteiger partial charge in [-0.2, -0.15) is 5.10 Å². The molecule has 2 rings (SSSR count). The molecule has 6 nitrogen and oxygen atoms in total. The molecule has 0 aromatic carbocycles. The Morgan fingerprint density at radius 3 is 2.55 bits per heavy atom. The lowest BCUT2D eigenvalue weighted by atomic mass is 10.1. The summed E-state index contributed by atoms with van der Waals surface area (Å²) in [6.07, 6.45) is 10.5. The molecule has 0 radical (unpaired) electrons. The zero-order chi connectivity index (χ0) is 14.0. The number of rotatable bonds is 7. The molecule has 22 heavy (non-hydrogen) atoms. The Kier molecular flexibility index (Phi) is 12.2. The Morgan fingerprint density at radius 2 is 1.91 bits per heavy atom. The maximum Gasteiger partial charge on any atom is 0.220 e. The first-order valence-corrected chi connectivity index (χ1v) is 7.69. The zero-order valence-corrected chi connectivity index (χ0v) is 14.5. The lowest BCUT2D eigenvalue weighted by molar-refractivity contribution is -0.121. The second-order valence-electron chi connectivity index (χ2n) is 5.42. The van der Waals surface area contributed by atoms with Gasteiger partial charge in [0, 0.05) is 32.0 Å².